The third-order valence-corrected chi connectivity index (χ3v) is 4.02. The molecule has 19 heavy (non-hydrogen) atoms. The number of nitrogens with one attached hydrogen (secondary N) is 1. The largest absolute Gasteiger partial charge is 0.381 e. The van der Waals surface area contributed by atoms with Crippen LogP contribution in [0.25, 0.3) is 0 Å². The predicted octanol–water partition coefficient (Wildman–Crippen LogP) is 3.72. The topological polar surface area (TPSA) is 21.3 Å². The van der Waals surface area contributed by atoms with Gasteiger partial charge in [-0.2, -0.15) is 0 Å². The van der Waals surface area contributed by atoms with E-state index in [2.05, 4.69) is 43.4 Å². The van der Waals surface area contributed by atoms with Gasteiger partial charge in [-0.05, 0) is 49.3 Å². The van der Waals surface area contributed by atoms with Crippen LogP contribution in [0, 0.1) is 5.92 Å². The summed E-state index contributed by atoms with van der Waals surface area (Å²) in [5, 5.41) is 3.69. The third kappa shape index (κ3) is 4.32. The summed E-state index contributed by atoms with van der Waals surface area (Å²) < 4.78 is 5.51. The van der Waals surface area contributed by atoms with Crippen LogP contribution in [0.4, 0.5) is 0 Å². The molecule has 1 aromatic carbocycles. The maximum atomic E-state index is 5.51. The molecule has 2 unspecified atom stereocenters. The summed E-state index contributed by atoms with van der Waals surface area (Å²) in [6.07, 6.45) is 4.72. The maximum Gasteiger partial charge on any atom is 0.0495 e. The second-order valence-corrected chi connectivity index (χ2v) is 5.57. The van der Waals surface area contributed by atoms with Crippen LogP contribution in [0.15, 0.2) is 24.3 Å². The van der Waals surface area contributed by atoms with Gasteiger partial charge in [0.05, 0.1) is 0 Å². The van der Waals surface area contributed by atoms with E-state index in [1.807, 2.05) is 0 Å². The van der Waals surface area contributed by atoms with E-state index in [4.69, 9.17) is 4.74 Å². The summed E-state index contributed by atoms with van der Waals surface area (Å²) in [6.45, 7) is 7.41. The Kier molecular flexibility index (Phi) is 5.87. The van der Waals surface area contributed by atoms with Gasteiger partial charge in [-0.3, -0.25) is 0 Å². The zero-order valence-corrected chi connectivity index (χ0v) is 12.3. The minimum atomic E-state index is 0.484. The zero-order valence-electron chi connectivity index (χ0n) is 12.3. The second kappa shape index (κ2) is 7.66. The molecular weight excluding hydrogens is 234 g/mol. The summed E-state index contributed by atoms with van der Waals surface area (Å²) in [4.78, 5) is 0. The van der Waals surface area contributed by atoms with Crippen LogP contribution in [0.2, 0.25) is 0 Å². The fraction of sp³-hybridized carbons (Fsp3) is 0.647. The van der Waals surface area contributed by atoms with Crippen molar-refractivity contribution in [3.05, 3.63) is 35.4 Å². The van der Waals surface area contributed by atoms with Gasteiger partial charge in [-0.25, -0.2) is 0 Å². The number of hydrogen-bond acceptors (Lipinski definition) is 2. The van der Waals surface area contributed by atoms with E-state index in [-0.39, 0.29) is 0 Å². The van der Waals surface area contributed by atoms with Gasteiger partial charge >= 0.3 is 0 Å². The molecule has 0 spiro atoms. The summed E-state index contributed by atoms with van der Waals surface area (Å²) >= 11 is 0. The number of aryl methyl sites for hydroxylation is 1. The van der Waals surface area contributed by atoms with Crippen molar-refractivity contribution >= 4 is 0 Å². The molecule has 1 fully saturated rings. The lowest BCUT2D eigenvalue weighted by Crippen LogP contribution is -2.24. The molecule has 2 atom stereocenters. The van der Waals surface area contributed by atoms with Crippen molar-refractivity contribution in [2.75, 3.05) is 19.8 Å². The Hall–Kier alpha value is -0.860. The minimum Gasteiger partial charge on any atom is -0.381 e. The molecule has 2 rings (SSSR count). The van der Waals surface area contributed by atoms with Crippen LogP contribution in [0.1, 0.15) is 50.3 Å². The molecule has 1 saturated heterocycles. The van der Waals surface area contributed by atoms with E-state index in [9.17, 15) is 0 Å². The van der Waals surface area contributed by atoms with Gasteiger partial charge in [0.25, 0.3) is 0 Å². The molecule has 1 N–H and O–H groups in total. The first-order valence-corrected chi connectivity index (χ1v) is 7.73. The first-order chi connectivity index (χ1) is 9.33. The molecule has 2 nitrogen and oxygen atoms in total. The number of benzene rings is 1. The predicted molar refractivity (Wildman–Crippen MR) is 80.4 cm³/mol. The Morgan fingerprint density at radius 2 is 2.05 bits per heavy atom. The Balaban J connectivity index is 2.01. The van der Waals surface area contributed by atoms with Crippen molar-refractivity contribution in [1.29, 1.82) is 0 Å². The van der Waals surface area contributed by atoms with E-state index in [1.54, 1.807) is 0 Å². The molecule has 0 aliphatic carbocycles. The monoisotopic (exact) mass is 261 g/mol. The lowest BCUT2D eigenvalue weighted by atomic mass is 9.93. The second-order valence-electron chi connectivity index (χ2n) is 5.57. The first-order valence-electron chi connectivity index (χ1n) is 7.73. The van der Waals surface area contributed by atoms with Crippen LogP contribution >= 0.6 is 0 Å². The highest BCUT2D eigenvalue weighted by Crippen LogP contribution is 2.26. The lowest BCUT2D eigenvalue weighted by Gasteiger charge is -2.22. The summed E-state index contributed by atoms with van der Waals surface area (Å²) in [7, 11) is 0. The Morgan fingerprint density at radius 1 is 1.26 bits per heavy atom. The van der Waals surface area contributed by atoms with Crippen LogP contribution in [-0.4, -0.2) is 19.8 Å². The molecular formula is C17H27NO. The van der Waals surface area contributed by atoms with Gasteiger partial charge in [-0.15, -0.1) is 0 Å². The molecule has 106 valence electrons. The van der Waals surface area contributed by atoms with Gasteiger partial charge < -0.3 is 10.1 Å². The molecule has 0 bridgehead atoms. The van der Waals surface area contributed by atoms with E-state index in [0.29, 0.717) is 6.04 Å². The van der Waals surface area contributed by atoms with E-state index in [0.717, 1.165) is 32.1 Å². The summed E-state index contributed by atoms with van der Waals surface area (Å²) in [5.74, 6) is 0.722. The third-order valence-electron chi connectivity index (χ3n) is 4.02. The first kappa shape index (κ1) is 14.5. The fourth-order valence-electron chi connectivity index (χ4n) is 2.74. The summed E-state index contributed by atoms with van der Waals surface area (Å²) in [5.41, 5.74) is 2.85. The van der Waals surface area contributed by atoms with Gasteiger partial charge in [-0.1, -0.05) is 38.1 Å². The number of hydrogen-bond donors (Lipinski definition) is 1. The summed E-state index contributed by atoms with van der Waals surface area (Å²) in [6, 6.07) is 9.60. The van der Waals surface area contributed by atoms with Gasteiger partial charge in [0.15, 0.2) is 0 Å². The quantitative estimate of drug-likeness (QED) is 0.808. The van der Waals surface area contributed by atoms with Crippen molar-refractivity contribution < 1.29 is 4.74 Å². The average Bonchev–Trinajstić information content (AvgIpc) is 2.96. The van der Waals surface area contributed by atoms with Crippen LogP contribution in [0.3, 0.4) is 0 Å². The Morgan fingerprint density at radius 3 is 2.63 bits per heavy atom. The highest BCUT2D eigenvalue weighted by molar-refractivity contribution is 5.25. The molecule has 0 amide bonds. The minimum absolute atomic E-state index is 0.484. The van der Waals surface area contributed by atoms with Crippen molar-refractivity contribution in [3.8, 4) is 0 Å². The maximum absolute atomic E-state index is 5.51. The molecule has 1 aromatic rings. The van der Waals surface area contributed by atoms with Gasteiger partial charge in [0, 0.05) is 19.3 Å². The lowest BCUT2D eigenvalue weighted by molar-refractivity contribution is 0.181. The molecule has 1 aliphatic heterocycles. The smallest absolute Gasteiger partial charge is 0.0495 e. The normalized spacial score (nSPS) is 20.6. The molecule has 1 heterocycles. The van der Waals surface area contributed by atoms with Crippen molar-refractivity contribution in [3.63, 3.8) is 0 Å². The molecule has 1 aliphatic rings. The highest BCUT2D eigenvalue weighted by Gasteiger charge is 2.21. The zero-order chi connectivity index (χ0) is 13.5. The number of ether oxygens (including phenoxy) is 1. The van der Waals surface area contributed by atoms with E-state index >= 15 is 0 Å². The van der Waals surface area contributed by atoms with Crippen LogP contribution < -0.4 is 5.32 Å². The van der Waals surface area contributed by atoms with Crippen LogP contribution in [0.5, 0.6) is 0 Å². The standard InChI is InChI=1S/C17H27NO/c1-3-10-18-17(12-15-9-11-19-13-15)16-7-5-14(4-2)6-8-16/h5-8,15,17-18H,3-4,9-13H2,1-2H3. The average molecular weight is 261 g/mol. The number of rotatable bonds is 7. The van der Waals surface area contributed by atoms with Gasteiger partial charge in [0.1, 0.15) is 0 Å². The Bertz CT molecular complexity index is 354. The van der Waals surface area contributed by atoms with E-state index < -0.39 is 0 Å². The van der Waals surface area contributed by atoms with Crippen molar-refractivity contribution in [1.82, 2.24) is 5.32 Å². The fourth-order valence-corrected chi connectivity index (χ4v) is 2.74. The Labute approximate surface area is 117 Å². The molecule has 0 aromatic heterocycles. The van der Waals surface area contributed by atoms with Crippen molar-refractivity contribution in [2.45, 2.75) is 45.6 Å². The van der Waals surface area contributed by atoms with E-state index in [1.165, 1.54) is 30.4 Å². The molecule has 2 heteroatoms. The highest BCUT2D eigenvalue weighted by atomic mass is 16.5. The van der Waals surface area contributed by atoms with Gasteiger partial charge in [0.2, 0.25) is 0 Å². The molecule has 0 saturated carbocycles. The van der Waals surface area contributed by atoms with Crippen molar-refractivity contribution in [2.24, 2.45) is 5.92 Å². The SMILES string of the molecule is CCCNC(CC1CCOC1)c1ccc(CC)cc1. The molecule has 0 radical (unpaired) electrons. The van der Waals surface area contributed by atoms with Crippen LogP contribution in [-0.2, 0) is 11.2 Å².